The highest BCUT2D eigenvalue weighted by atomic mass is 16.5. The normalized spacial score (nSPS) is 19.9. The van der Waals surface area contributed by atoms with Gasteiger partial charge in [0.05, 0.1) is 13.7 Å². The van der Waals surface area contributed by atoms with E-state index in [1.807, 2.05) is 0 Å². The van der Waals surface area contributed by atoms with Crippen molar-refractivity contribution in [2.75, 3.05) is 13.7 Å². The highest BCUT2D eigenvalue weighted by Gasteiger charge is 2.39. The fraction of sp³-hybridized carbons (Fsp3) is 0.545. The molecular weight excluding hydrogens is 212 g/mol. The first kappa shape index (κ1) is 12.4. The van der Waals surface area contributed by atoms with Crippen LogP contribution in [0.2, 0.25) is 0 Å². The standard InChI is InChI=1S/C11H14O5/c1-4-16-10(13)7-5-8(12)9(6(7)2)11(14)15-3/h9H,4-5H2,1-3H3. The maximum atomic E-state index is 11.6. The number of carbonyl (C=O) groups is 3. The summed E-state index contributed by atoms with van der Waals surface area (Å²) >= 11 is 0. The van der Waals surface area contributed by atoms with Crippen LogP contribution in [0.5, 0.6) is 0 Å². The van der Waals surface area contributed by atoms with E-state index in [0.29, 0.717) is 5.57 Å². The molecule has 0 aliphatic heterocycles. The largest absolute Gasteiger partial charge is 0.468 e. The van der Waals surface area contributed by atoms with Gasteiger partial charge in [-0.2, -0.15) is 0 Å². The Kier molecular flexibility index (Phi) is 3.82. The number of hydrogen-bond donors (Lipinski definition) is 0. The van der Waals surface area contributed by atoms with Crippen molar-refractivity contribution >= 4 is 17.7 Å². The molecule has 0 saturated carbocycles. The number of carbonyl (C=O) groups excluding carboxylic acids is 3. The molecule has 0 N–H and O–H groups in total. The van der Waals surface area contributed by atoms with E-state index >= 15 is 0 Å². The monoisotopic (exact) mass is 226 g/mol. The van der Waals surface area contributed by atoms with E-state index in [1.165, 1.54) is 7.11 Å². The quantitative estimate of drug-likeness (QED) is 0.521. The molecule has 0 aromatic rings. The summed E-state index contributed by atoms with van der Waals surface area (Å²) in [5.74, 6) is -2.40. The minimum absolute atomic E-state index is 0.0512. The summed E-state index contributed by atoms with van der Waals surface area (Å²) in [7, 11) is 1.21. The molecule has 88 valence electrons. The van der Waals surface area contributed by atoms with Crippen molar-refractivity contribution < 1.29 is 23.9 Å². The van der Waals surface area contributed by atoms with Crippen LogP contribution in [0.4, 0.5) is 0 Å². The summed E-state index contributed by atoms with van der Waals surface area (Å²) in [6.07, 6.45) is -0.0512. The van der Waals surface area contributed by atoms with Gasteiger partial charge in [0.15, 0.2) is 5.78 Å². The van der Waals surface area contributed by atoms with Gasteiger partial charge in [0.25, 0.3) is 0 Å². The van der Waals surface area contributed by atoms with Crippen molar-refractivity contribution in [2.24, 2.45) is 5.92 Å². The van der Waals surface area contributed by atoms with Gasteiger partial charge in [0.1, 0.15) is 5.92 Å². The van der Waals surface area contributed by atoms with Gasteiger partial charge < -0.3 is 9.47 Å². The second-order valence-corrected chi connectivity index (χ2v) is 3.48. The summed E-state index contributed by atoms with van der Waals surface area (Å²) < 4.78 is 9.32. The molecule has 1 aliphatic rings. The average Bonchev–Trinajstić information content (AvgIpc) is 2.54. The topological polar surface area (TPSA) is 69.7 Å². The third-order valence-electron chi connectivity index (χ3n) is 2.54. The highest BCUT2D eigenvalue weighted by Crippen LogP contribution is 2.30. The van der Waals surface area contributed by atoms with Crippen LogP contribution < -0.4 is 0 Å². The summed E-state index contributed by atoms with van der Waals surface area (Å²) in [5.41, 5.74) is 0.720. The van der Waals surface area contributed by atoms with Gasteiger partial charge in [0, 0.05) is 12.0 Å². The lowest BCUT2D eigenvalue weighted by Gasteiger charge is -2.07. The Morgan fingerprint density at radius 3 is 2.56 bits per heavy atom. The Balaban J connectivity index is 2.95. The molecule has 0 heterocycles. The first-order valence-electron chi connectivity index (χ1n) is 5.00. The summed E-state index contributed by atoms with van der Waals surface area (Å²) in [5, 5.41) is 0. The Hall–Kier alpha value is -1.65. The molecular formula is C11H14O5. The van der Waals surface area contributed by atoms with Gasteiger partial charge >= 0.3 is 11.9 Å². The van der Waals surface area contributed by atoms with Gasteiger partial charge in [-0.05, 0) is 19.4 Å². The Labute approximate surface area is 93.4 Å². The van der Waals surface area contributed by atoms with Crippen molar-refractivity contribution in [2.45, 2.75) is 20.3 Å². The molecule has 0 amide bonds. The number of rotatable bonds is 3. The van der Waals surface area contributed by atoms with Crippen LogP contribution in [0.25, 0.3) is 0 Å². The minimum atomic E-state index is -0.940. The summed E-state index contributed by atoms with van der Waals surface area (Å²) in [4.78, 5) is 34.4. The predicted octanol–water partition coefficient (Wildman–Crippen LogP) is 0.628. The first-order valence-corrected chi connectivity index (χ1v) is 5.00. The van der Waals surface area contributed by atoms with Crippen LogP contribution in [-0.2, 0) is 23.9 Å². The third kappa shape index (κ3) is 2.13. The fourth-order valence-corrected chi connectivity index (χ4v) is 1.71. The van der Waals surface area contributed by atoms with Crippen molar-refractivity contribution in [3.63, 3.8) is 0 Å². The number of Topliss-reactive ketones (excluding diaryl/α,β-unsaturated/α-hetero) is 1. The molecule has 1 atom stereocenters. The SMILES string of the molecule is CCOC(=O)C1=C(C)C(C(=O)OC)C(=O)C1. The Bertz CT molecular complexity index is 367. The zero-order valence-electron chi connectivity index (χ0n) is 9.53. The van der Waals surface area contributed by atoms with E-state index in [9.17, 15) is 14.4 Å². The molecule has 1 rings (SSSR count). The third-order valence-corrected chi connectivity index (χ3v) is 2.54. The highest BCUT2D eigenvalue weighted by molar-refractivity contribution is 6.11. The maximum Gasteiger partial charge on any atom is 0.334 e. The number of ether oxygens (including phenoxy) is 2. The van der Waals surface area contributed by atoms with Gasteiger partial charge in [-0.15, -0.1) is 0 Å². The number of ketones is 1. The zero-order chi connectivity index (χ0) is 12.3. The molecule has 0 fully saturated rings. The van der Waals surface area contributed by atoms with E-state index < -0.39 is 17.9 Å². The molecule has 0 bridgehead atoms. The maximum absolute atomic E-state index is 11.6. The molecule has 5 heteroatoms. The molecule has 5 nitrogen and oxygen atoms in total. The molecule has 16 heavy (non-hydrogen) atoms. The Morgan fingerprint density at radius 2 is 2.06 bits per heavy atom. The molecule has 0 spiro atoms. The summed E-state index contributed by atoms with van der Waals surface area (Å²) in [6, 6.07) is 0. The van der Waals surface area contributed by atoms with E-state index in [-0.39, 0.29) is 24.4 Å². The second-order valence-electron chi connectivity index (χ2n) is 3.48. The van der Waals surface area contributed by atoms with Gasteiger partial charge in [-0.3, -0.25) is 9.59 Å². The van der Waals surface area contributed by atoms with Crippen LogP contribution in [0.1, 0.15) is 20.3 Å². The van der Waals surface area contributed by atoms with Crippen molar-refractivity contribution in [1.29, 1.82) is 0 Å². The fourth-order valence-electron chi connectivity index (χ4n) is 1.71. The van der Waals surface area contributed by atoms with E-state index in [0.717, 1.165) is 0 Å². The van der Waals surface area contributed by atoms with E-state index in [2.05, 4.69) is 4.74 Å². The van der Waals surface area contributed by atoms with Crippen LogP contribution in [0.15, 0.2) is 11.1 Å². The molecule has 0 aromatic carbocycles. The lowest BCUT2D eigenvalue weighted by Crippen LogP contribution is -2.22. The van der Waals surface area contributed by atoms with Gasteiger partial charge in [-0.25, -0.2) is 4.79 Å². The second kappa shape index (κ2) is 4.92. The van der Waals surface area contributed by atoms with Crippen LogP contribution in [0.3, 0.4) is 0 Å². The minimum Gasteiger partial charge on any atom is -0.468 e. The van der Waals surface area contributed by atoms with Gasteiger partial charge in [0.2, 0.25) is 0 Å². The molecule has 1 unspecified atom stereocenters. The smallest absolute Gasteiger partial charge is 0.334 e. The number of hydrogen-bond acceptors (Lipinski definition) is 5. The van der Waals surface area contributed by atoms with E-state index in [4.69, 9.17) is 4.74 Å². The lowest BCUT2D eigenvalue weighted by atomic mass is 10.0. The van der Waals surface area contributed by atoms with Crippen molar-refractivity contribution in [1.82, 2.24) is 0 Å². The molecule has 0 saturated heterocycles. The van der Waals surface area contributed by atoms with Crippen LogP contribution >= 0.6 is 0 Å². The van der Waals surface area contributed by atoms with Crippen LogP contribution in [-0.4, -0.2) is 31.4 Å². The molecule has 0 aromatic heterocycles. The average molecular weight is 226 g/mol. The van der Waals surface area contributed by atoms with E-state index in [1.54, 1.807) is 13.8 Å². The van der Waals surface area contributed by atoms with Crippen LogP contribution in [0, 0.1) is 5.92 Å². The van der Waals surface area contributed by atoms with Crippen molar-refractivity contribution in [3.8, 4) is 0 Å². The number of methoxy groups -OCH3 is 1. The first-order chi connectivity index (χ1) is 7.52. The lowest BCUT2D eigenvalue weighted by molar-refractivity contribution is -0.147. The Morgan fingerprint density at radius 1 is 1.44 bits per heavy atom. The van der Waals surface area contributed by atoms with Gasteiger partial charge in [-0.1, -0.05) is 0 Å². The predicted molar refractivity (Wildman–Crippen MR) is 54.5 cm³/mol. The molecule has 0 radical (unpaired) electrons. The number of esters is 2. The zero-order valence-corrected chi connectivity index (χ0v) is 9.53. The summed E-state index contributed by atoms with van der Waals surface area (Å²) in [6.45, 7) is 3.51. The molecule has 1 aliphatic carbocycles. The van der Waals surface area contributed by atoms with Crippen molar-refractivity contribution in [3.05, 3.63) is 11.1 Å².